The Kier molecular flexibility index (Phi) is 10.3. The number of aryl methyl sites for hydroxylation is 1. The van der Waals surface area contributed by atoms with E-state index in [0.29, 0.717) is 0 Å². The molecule has 0 radical (unpaired) electrons. The Balaban J connectivity index is 1.38. The molecule has 2 fully saturated rings. The van der Waals surface area contributed by atoms with Crippen LogP contribution in [0.2, 0.25) is 0 Å². The summed E-state index contributed by atoms with van der Waals surface area (Å²) >= 11 is 0. The summed E-state index contributed by atoms with van der Waals surface area (Å²) in [5.74, 6) is 2.59. The monoisotopic (exact) mass is 412 g/mol. The number of hydrogen-bond acceptors (Lipinski definition) is 2. The summed E-state index contributed by atoms with van der Waals surface area (Å²) in [7, 11) is 0. The average Bonchev–Trinajstić information content (AvgIpc) is 2.75. The lowest BCUT2D eigenvalue weighted by Crippen LogP contribution is -2.28. The minimum Gasteiger partial charge on any atom is -0.426 e. The van der Waals surface area contributed by atoms with Gasteiger partial charge in [0.15, 0.2) is 0 Å². The molecule has 0 spiro atoms. The number of carbonyl (C=O) groups excluding carboxylic acids is 1. The van der Waals surface area contributed by atoms with Gasteiger partial charge in [0, 0.05) is 0 Å². The van der Waals surface area contributed by atoms with Crippen molar-refractivity contribution < 1.29 is 9.53 Å². The van der Waals surface area contributed by atoms with Gasteiger partial charge in [0.2, 0.25) is 0 Å². The SMILES string of the molecule is CCCCCCCc1ccc(OC(=O)C2CCC(C3CCCCCCC3)CC2)cc1. The molecular weight excluding hydrogens is 368 g/mol. The third-order valence-electron chi connectivity index (χ3n) is 7.63. The van der Waals surface area contributed by atoms with Crippen LogP contribution in [0.5, 0.6) is 5.75 Å². The van der Waals surface area contributed by atoms with Gasteiger partial charge in [0.05, 0.1) is 5.92 Å². The lowest BCUT2D eigenvalue weighted by Gasteiger charge is -2.34. The van der Waals surface area contributed by atoms with Gasteiger partial charge < -0.3 is 4.74 Å². The van der Waals surface area contributed by atoms with Crippen LogP contribution in [0.1, 0.15) is 115 Å². The molecule has 2 aliphatic carbocycles. The zero-order chi connectivity index (χ0) is 21.0. The van der Waals surface area contributed by atoms with Gasteiger partial charge in [0.25, 0.3) is 0 Å². The van der Waals surface area contributed by atoms with E-state index < -0.39 is 0 Å². The Bertz CT molecular complexity index is 590. The Labute approximate surface area is 185 Å². The molecule has 0 atom stereocenters. The van der Waals surface area contributed by atoms with E-state index in [1.807, 2.05) is 12.1 Å². The molecule has 1 aromatic rings. The molecule has 3 rings (SSSR count). The molecule has 0 aliphatic heterocycles. The fourth-order valence-corrected chi connectivity index (χ4v) is 5.64. The molecule has 0 aromatic heterocycles. The van der Waals surface area contributed by atoms with Gasteiger partial charge in [-0.25, -0.2) is 0 Å². The van der Waals surface area contributed by atoms with Gasteiger partial charge in [-0.3, -0.25) is 4.79 Å². The third kappa shape index (κ3) is 7.75. The molecule has 0 saturated heterocycles. The molecule has 0 unspecified atom stereocenters. The predicted molar refractivity (Wildman–Crippen MR) is 126 cm³/mol. The summed E-state index contributed by atoms with van der Waals surface area (Å²) in [5.41, 5.74) is 1.35. The molecule has 0 heterocycles. The first kappa shape index (κ1) is 23.4. The molecule has 168 valence electrons. The van der Waals surface area contributed by atoms with Gasteiger partial charge in [-0.1, -0.05) is 89.7 Å². The van der Waals surface area contributed by atoms with Crippen molar-refractivity contribution in [2.45, 2.75) is 116 Å². The van der Waals surface area contributed by atoms with E-state index in [1.165, 1.54) is 95.5 Å². The second-order valence-electron chi connectivity index (χ2n) is 9.95. The van der Waals surface area contributed by atoms with Gasteiger partial charge in [-0.05, 0) is 68.1 Å². The molecule has 30 heavy (non-hydrogen) atoms. The Morgan fingerprint density at radius 3 is 2.03 bits per heavy atom. The van der Waals surface area contributed by atoms with Crippen LogP contribution in [-0.2, 0) is 11.2 Å². The van der Waals surface area contributed by atoms with Crippen molar-refractivity contribution in [2.75, 3.05) is 0 Å². The first-order chi connectivity index (χ1) is 14.8. The van der Waals surface area contributed by atoms with E-state index >= 15 is 0 Å². The zero-order valence-electron chi connectivity index (χ0n) is 19.4. The lowest BCUT2D eigenvalue weighted by atomic mass is 9.72. The smallest absolute Gasteiger partial charge is 0.314 e. The quantitative estimate of drug-likeness (QED) is 0.232. The van der Waals surface area contributed by atoms with Crippen molar-refractivity contribution in [3.63, 3.8) is 0 Å². The summed E-state index contributed by atoms with van der Waals surface area (Å²) in [6, 6.07) is 8.24. The number of hydrogen-bond donors (Lipinski definition) is 0. The van der Waals surface area contributed by atoms with Crippen molar-refractivity contribution in [3.8, 4) is 5.75 Å². The van der Waals surface area contributed by atoms with Crippen molar-refractivity contribution >= 4 is 5.97 Å². The van der Waals surface area contributed by atoms with Gasteiger partial charge >= 0.3 is 5.97 Å². The number of esters is 1. The second kappa shape index (κ2) is 13.2. The first-order valence-corrected chi connectivity index (χ1v) is 13.1. The van der Waals surface area contributed by atoms with Crippen LogP contribution in [0.25, 0.3) is 0 Å². The van der Waals surface area contributed by atoms with Crippen LogP contribution in [-0.4, -0.2) is 5.97 Å². The molecule has 2 aliphatic rings. The Morgan fingerprint density at radius 1 is 0.767 bits per heavy atom. The number of benzene rings is 1. The summed E-state index contributed by atoms with van der Waals surface area (Å²) in [4.78, 5) is 12.7. The number of ether oxygens (including phenoxy) is 1. The molecule has 2 saturated carbocycles. The minimum absolute atomic E-state index is 0.00145. The average molecular weight is 413 g/mol. The second-order valence-corrected chi connectivity index (χ2v) is 9.95. The van der Waals surface area contributed by atoms with Crippen LogP contribution in [0.15, 0.2) is 24.3 Å². The Hall–Kier alpha value is -1.31. The van der Waals surface area contributed by atoms with Crippen molar-refractivity contribution in [2.24, 2.45) is 17.8 Å². The topological polar surface area (TPSA) is 26.3 Å². The van der Waals surface area contributed by atoms with E-state index in [4.69, 9.17) is 4.74 Å². The number of rotatable bonds is 9. The van der Waals surface area contributed by atoms with Crippen molar-refractivity contribution in [1.29, 1.82) is 0 Å². The summed E-state index contributed by atoms with van der Waals surface area (Å²) in [6.07, 6.45) is 22.1. The molecular formula is C28H44O2. The maximum atomic E-state index is 12.7. The zero-order valence-corrected chi connectivity index (χ0v) is 19.4. The van der Waals surface area contributed by atoms with Crippen LogP contribution >= 0.6 is 0 Å². The summed E-state index contributed by atoms with van der Waals surface area (Å²) in [5, 5.41) is 0. The van der Waals surface area contributed by atoms with Gasteiger partial charge in [-0.2, -0.15) is 0 Å². The highest BCUT2D eigenvalue weighted by atomic mass is 16.5. The maximum Gasteiger partial charge on any atom is 0.314 e. The van der Waals surface area contributed by atoms with E-state index in [-0.39, 0.29) is 11.9 Å². The van der Waals surface area contributed by atoms with Crippen LogP contribution in [0.4, 0.5) is 0 Å². The lowest BCUT2D eigenvalue weighted by molar-refractivity contribution is -0.140. The van der Waals surface area contributed by atoms with E-state index in [1.54, 1.807) is 0 Å². The number of unbranched alkanes of at least 4 members (excludes halogenated alkanes) is 4. The van der Waals surface area contributed by atoms with Crippen LogP contribution in [0, 0.1) is 17.8 Å². The van der Waals surface area contributed by atoms with Gasteiger partial charge in [0.1, 0.15) is 5.75 Å². The molecule has 0 N–H and O–H groups in total. The van der Waals surface area contributed by atoms with E-state index in [2.05, 4.69) is 19.1 Å². The van der Waals surface area contributed by atoms with E-state index in [9.17, 15) is 4.79 Å². The highest BCUT2D eigenvalue weighted by Gasteiger charge is 2.31. The molecule has 1 aromatic carbocycles. The fourth-order valence-electron chi connectivity index (χ4n) is 5.64. The van der Waals surface area contributed by atoms with Crippen molar-refractivity contribution in [1.82, 2.24) is 0 Å². The van der Waals surface area contributed by atoms with Gasteiger partial charge in [-0.15, -0.1) is 0 Å². The molecule has 2 nitrogen and oxygen atoms in total. The first-order valence-electron chi connectivity index (χ1n) is 13.1. The van der Waals surface area contributed by atoms with Crippen molar-refractivity contribution in [3.05, 3.63) is 29.8 Å². The van der Waals surface area contributed by atoms with E-state index in [0.717, 1.165) is 36.8 Å². The predicted octanol–water partition coefficient (Wildman–Crippen LogP) is 8.27. The largest absolute Gasteiger partial charge is 0.426 e. The fraction of sp³-hybridized carbons (Fsp3) is 0.750. The highest BCUT2D eigenvalue weighted by molar-refractivity contribution is 5.75. The van der Waals surface area contributed by atoms with Crippen LogP contribution < -0.4 is 4.74 Å². The molecule has 0 bridgehead atoms. The summed E-state index contributed by atoms with van der Waals surface area (Å²) < 4.78 is 5.74. The number of carbonyl (C=O) groups is 1. The molecule has 2 heteroatoms. The van der Waals surface area contributed by atoms with Crippen LogP contribution in [0.3, 0.4) is 0 Å². The summed E-state index contributed by atoms with van der Waals surface area (Å²) in [6.45, 7) is 2.25. The molecule has 0 amide bonds. The Morgan fingerprint density at radius 2 is 1.37 bits per heavy atom. The normalized spacial score (nSPS) is 23.5. The third-order valence-corrected chi connectivity index (χ3v) is 7.63. The maximum absolute atomic E-state index is 12.7. The minimum atomic E-state index is -0.00145. The highest BCUT2D eigenvalue weighted by Crippen LogP contribution is 2.39. The standard InChI is InChI=1S/C28H44O2/c1-2-3-4-6-9-12-23-15-21-27(22-16-23)30-28(29)26-19-17-25(18-20-26)24-13-10-7-5-8-11-14-24/h15-16,21-22,24-26H,2-14,17-20H2,1H3.